The summed E-state index contributed by atoms with van der Waals surface area (Å²) in [5, 5.41) is 17.0. The number of ether oxygens (including phenoxy) is 1. The first-order chi connectivity index (χ1) is 8.11. The molecule has 17 heavy (non-hydrogen) atoms. The van der Waals surface area contributed by atoms with E-state index < -0.39 is 5.97 Å². The van der Waals surface area contributed by atoms with Crippen molar-refractivity contribution in [2.75, 3.05) is 6.61 Å². The third-order valence-electron chi connectivity index (χ3n) is 2.04. The summed E-state index contributed by atoms with van der Waals surface area (Å²) >= 11 is 0. The summed E-state index contributed by atoms with van der Waals surface area (Å²) in [6.45, 7) is 1.93. The highest BCUT2D eigenvalue weighted by Gasteiger charge is 1.98. The lowest BCUT2D eigenvalue weighted by Crippen LogP contribution is -2.01. The summed E-state index contributed by atoms with van der Waals surface area (Å²) in [7, 11) is 0. The molecule has 88 valence electrons. The van der Waals surface area contributed by atoms with Gasteiger partial charge in [0.15, 0.2) is 0 Å². The van der Waals surface area contributed by atoms with Crippen molar-refractivity contribution in [3.05, 3.63) is 41.5 Å². The number of carboxylic acid groups (broad SMARTS) is 1. The third-order valence-corrected chi connectivity index (χ3v) is 2.04. The molecule has 0 amide bonds. The molecule has 0 spiro atoms. The van der Waals surface area contributed by atoms with Crippen molar-refractivity contribution in [3.8, 4) is 11.8 Å². The highest BCUT2D eigenvalue weighted by Crippen LogP contribution is 2.13. The van der Waals surface area contributed by atoms with Crippen LogP contribution in [0.1, 0.15) is 12.5 Å². The highest BCUT2D eigenvalue weighted by atomic mass is 16.5. The number of aliphatic carboxylic acids is 1. The normalized spacial score (nSPS) is 10.7. The van der Waals surface area contributed by atoms with Crippen LogP contribution in [0.4, 0.5) is 0 Å². The molecule has 0 fully saturated rings. The SMILES string of the molecule is CC(=CC(=O)O)COc1ccc(CC#N)cc1. The second-order valence-corrected chi connectivity index (χ2v) is 3.60. The van der Waals surface area contributed by atoms with Crippen LogP contribution in [0.3, 0.4) is 0 Å². The van der Waals surface area contributed by atoms with E-state index in [4.69, 9.17) is 15.1 Å². The predicted octanol–water partition coefficient (Wildman–Crippen LogP) is 2.16. The van der Waals surface area contributed by atoms with Gasteiger partial charge in [0.05, 0.1) is 12.5 Å². The van der Waals surface area contributed by atoms with Crippen LogP contribution in [0.15, 0.2) is 35.9 Å². The zero-order valence-electron chi connectivity index (χ0n) is 9.51. The maximum atomic E-state index is 10.4. The second kappa shape index (κ2) is 6.33. The zero-order valence-corrected chi connectivity index (χ0v) is 9.51. The van der Waals surface area contributed by atoms with Crippen LogP contribution in [0.25, 0.3) is 0 Å². The highest BCUT2D eigenvalue weighted by molar-refractivity contribution is 5.80. The largest absolute Gasteiger partial charge is 0.489 e. The maximum Gasteiger partial charge on any atom is 0.328 e. The Morgan fingerprint density at radius 3 is 2.65 bits per heavy atom. The molecule has 1 rings (SSSR count). The molecule has 1 aromatic carbocycles. The van der Waals surface area contributed by atoms with Crippen LogP contribution in [0.2, 0.25) is 0 Å². The molecule has 1 N–H and O–H groups in total. The molecule has 0 saturated carbocycles. The summed E-state index contributed by atoms with van der Waals surface area (Å²) in [6, 6.07) is 9.22. The molecule has 0 bridgehead atoms. The molecule has 0 unspecified atom stereocenters. The van der Waals surface area contributed by atoms with Gasteiger partial charge >= 0.3 is 5.97 Å². The lowest BCUT2D eigenvalue weighted by Gasteiger charge is -2.06. The van der Waals surface area contributed by atoms with Crippen molar-refractivity contribution in [2.24, 2.45) is 0 Å². The Balaban J connectivity index is 2.53. The number of nitriles is 1. The van der Waals surface area contributed by atoms with Gasteiger partial charge in [-0.3, -0.25) is 0 Å². The summed E-state index contributed by atoms with van der Waals surface area (Å²) in [5.74, 6) is -0.319. The molecule has 0 atom stereocenters. The minimum absolute atomic E-state index is 0.240. The van der Waals surface area contributed by atoms with Gasteiger partial charge in [-0.15, -0.1) is 0 Å². The van der Waals surface area contributed by atoms with E-state index in [1.807, 2.05) is 12.1 Å². The van der Waals surface area contributed by atoms with Crippen LogP contribution in [0, 0.1) is 11.3 Å². The van der Waals surface area contributed by atoms with Gasteiger partial charge in [0.1, 0.15) is 12.4 Å². The fourth-order valence-electron chi connectivity index (χ4n) is 1.24. The molecule has 0 aliphatic heterocycles. The molecular weight excluding hydrogens is 218 g/mol. The first kappa shape index (κ1) is 12.8. The van der Waals surface area contributed by atoms with E-state index in [1.165, 1.54) is 0 Å². The van der Waals surface area contributed by atoms with Crippen LogP contribution >= 0.6 is 0 Å². The lowest BCUT2D eigenvalue weighted by molar-refractivity contribution is -0.131. The topological polar surface area (TPSA) is 70.3 Å². The van der Waals surface area contributed by atoms with Crippen molar-refractivity contribution < 1.29 is 14.6 Å². The number of hydrogen-bond acceptors (Lipinski definition) is 3. The summed E-state index contributed by atoms with van der Waals surface area (Å²) in [5.41, 5.74) is 1.57. The second-order valence-electron chi connectivity index (χ2n) is 3.60. The van der Waals surface area contributed by atoms with Crippen molar-refractivity contribution in [3.63, 3.8) is 0 Å². The van der Waals surface area contributed by atoms with Crippen molar-refractivity contribution >= 4 is 5.97 Å². The Morgan fingerprint density at radius 2 is 2.12 bits per heavy atom. The molecule has 1 aromatic rings. The molecule has 0 heterocycles. The fourth-order valence-corrected chi connectivity index (χ4v) is 1.24. The van der Waals surface area contributed by atoms with E-state index in [1.54, 1.807) is 19.1 Å². The minimum Gasteiger partial charge on any atom is -0.489 e. The Labute approximate surface area is 99.8 Å². The van der Waals surface area contributed by atoms with Gasteiger partial charge in [-0.1, -0.05) is 12.1 Å². The van der Waals surface area contributed by atoms with Gasteiger partial charge < -0.3 is 9.84 Å². The van der Waals surface area contributed by atoms with Crippen LogP contribution < -0.4 is 4.74 Å². The Bertz CT molecular complexity index is 455. The molecule has 0 aliphatic carbocycles. The maximum absolute atomic E-state index is 10.4. The standard InChI is InChI=1S/C13H13NO3/c1-10(8-13(15)16)9-17-12-4-2-11(3-5-12)6-7-14/h2-5,8H,6,9H2,1H3,(H,15,16). The molecule has 4 heteroatoms. The van der Waals surface area contributed by atoms with Crippen molar-refractivity contribution in [1.82, 2.24) is 0 Å². The van der Waals surface area contributed by atoms with E-state index in [0.29, 0.717) is 17.7 Å². The minimum atomic E-state index is -0.976. The number of hydrogen-bond donors (Lipinski definition) is 1. The number of carbonyl (C=O) groups is 1. The number of carboxylic acids is 1. The van der Waals surface area contributed by atoms with Crippen LogP contribution in [-0.4, -0.2) is 17.7 Å². The Hall–Kier alpha value is -2.28. The molecular formula is C13H13NO3. The van der Waals surface area contributed by atoms with Crippen LogP contribution in [-0.2, 0) is 11.2 Å². The first-order valence-electron chi connectivity index (χ1n) is 5.10. The molecule has 4 nitrogen and oxygen atoms in total. The monoisotopic (exact) mass is 231 g/mol. The number of rotatable bonds is 5. The van der Waals surface area contributed by atoms with Gasteiger partial charge in [-0.05, 0) is 30.2 Å². The average molecular weight is 231 g/mol. The predicted molar refractivity (Wildman–Crippen MR) is 62.6 cm³/mol. The third kappa shape index (κ3) is 4.85. The van der Waals surface area contributed by atoms with Gasteiger partial charge in [-0.2, -0.15) is 5.26 Å². The summed E-state index contributed by atoms with van der Waals surface area (Å²) < 4.78 is 5.39. The molecule has 0 saturated heterocycles. The van der Waals surface area contributed by atoms with Gasteiger partial charge in [0, 0.05) is 6.08 Å². The van der Waals surface area contributed by atoms with Gasteiger partial charge in [0.25, 0.3) is 0 Å². The average Bonchev–Trinajstić information content (AvgIpc) is 2.28. The van der Waals surface area contributed by atoms with Crippen LogP contribution in [0.5, 0.6) is 5.75 Å². The molecule has 0 aliphatic rings. The molecule has 0 radical (unpaired) electrons. The van der Waals surface area contributed by atoms with E-state index in [-0.39, 0.29) is 6.61 Å². The van der Waals surface area contributed by atoms with Crippen molar-refractivity contribution in [1.29, 1.82) is 5.26 Å². The molecule has 0 aromatic heterocycles. The smallest absolute Gasteiger partial charge is 0.328 e. The number of nitrogens with zero attached hydrogens (tertiary/aromatic N) is 1. The Morgan fingerprint density at radius 1 is 1.47 bits per heavy atom. The first-order valence-corrected chi connectivity index (χ1v) is 5.10. The zero-order chi connectivity index (χ0) is 12.7. The quantitative estimate of drug-likeness (QED) is 0.788. The van der Waals surface area contributed by atoms with E-state index >= 15 is 0 Å². The Kier molecular flexibility index (Phi) is 4.77. The fraction of sp³-hybridized carbons (Fsp3) is 0.231. The van der Waals surface area contributed by atoms with E-state index in [9.17, 15) is 4.79 Å². The van der Waals surface area contributed by atoms with Gasteiger partial charge in [0.2, 0.25) is 0 Å². The number of benzene rings is 1. The van der Waals surface area contributed by atoms with E-state index in [0.717, 1.165) is 11.6 Å². The summed E-state index contributed by atoms with van der Waals surface area (Å²) in [6.07, 6.45) is 1.49. The van der Waals surface area contributed by atoms with Crippen molar-refractivity contribution in [2.45, 2.75) is 13.3 Å². The van der Waals surface area contributed by atoms with Gasteiger partial charge in [-0.25, -0.2) is 4.79 Å². The lowest BCUT2D eigenvalue weighted by atomic mass is 10.2. The summed E-state index contributed by atoms with van der Waals surface area (Å²) in [4.78, 5) is 10.4. The van der Waals surface area contributed by atoms with E-state index in [2.05, 4.69) is 6.07 Å².